The van der Waals surface area contributed by atoms with Gasteiger partial charge in [-0.05, 0) is 19.8 Å². The van der Waals surface area contributed by atoms with E-state index in [1.54, 1.807) is 0 Å². The number of rotatable bonds is 4. The summed E-state index contributed by atoms with van der Waals surface area (Å²) in [6, 6.07) is 0.129. The first-order valence-electron chi connectivity index (χ1n) is 6.14. The average molecular weight is 252 g/mol. The molecule has 1 aromatic rings. The monoisotopic (exact) mass is 252 g/mol. The van der Waals surface area contributed by atoms with Gasteiger partial charge in [0.15, 0.2) is 0 Å². The van der Waals surface area contributed by atoms with Gasteiger partial charge in [0.1, 0.15) is 6.20 Å². The minimum Gasteiger partial charge on any atom is -0.348 e. The quantitative estimate of drug-likeness (QED) is 0.649. The first-order chi connectivity index (χ1) is 8.61. The van der Waals surface area contributed by atoms with Crippen LogP contribution in [0.1, 0.15) is 43.1 Å². The van der Waals surface area contributed by atoms with E-state index in [0.29, 0.717) is 6.54 Å². The zero-order valence-corrected chi connectivity index (χ0v) is 10.3. The molecule has 1 amide bonds. The maximum Gasteiger partial charge on any atom is 0.320 e. The van der Waals surface area contributed by atoms with Crippen LogP contribution in [0.2, 0.25) is 0 Å². The van der Waals surface area contributed by atoms with Gasteiger partial charge in [0.05, 0.1) is 4.92 Å². The molecule has 0 aromatic carbocycles. The van der Waals surface area contributed by atoms with Crippen molar-refractivity contribution in [3.8, 4) is 0 Å². The lowest BCUT2D eigenvalue weighted by Crippen LogP contribution is -2.33. The lowest BCUT2D eigenvalue weighted by molar-refractivity contribution is -0.385. The zero-order chi connectivity index (χ0) is 13.1. The van der Waals surface area contributed by atoms with E-state index in [4.69, 9.17) is 0 Å². The molecule has 0 saturated heterocycles. The van der Waals surface area contributed by atoms with Crippen LogP contribution in [0.3, 0.4) is 0 Å². The van der Waals surface area contributed by atoms with Crippen molar-refractivity contribution in [3.05, 3.63) is 22.0 Å². The molecule has 1 aromatic heterocycles. The maximum absolute atomic E-state index is 12.0. The van der Waals surface area contributed by atoms with E-state index < -0.39 is 10.8 Å². The molecule has 1 saturated carbocycles. The van der Waals surface area contributed by atoms with Crippen molar-refractivity contribution >= 4 is 11.6 Å². The maximum atomic E-state index is 12.0. The summed E-state index contributed by atoms with van der Waals surface area (Å²) in [5.41, 5.74) is -0.318. The second kappa shape index (κ2) is 5.16. The molecule has 2 rings (SSSR count). The number of amides is 1. The highest BCUT2D eigenvalue weighted by molar-refractivity contribution is 5.96. The van der Waals surface area contributed by atoms with Crippen molar-refractivity contribution in [1.82, 2.24) is 15.1 Å². The molecule has 1 aliphatic carbocycles. The Labute approximate surface area is 104 Å². The fourth-order valence-corrected chi connectivity index (χ4v) is 2.19. The number of nitro groups is 1. The number of aryl methyl sites for hydroxylation is 1. The van der Waals surface area contributed by atoms with Gasteiger partial charge in [0, 0.05) is 12.6 Å². The van der Waals surface area contributed by atoms with Gasteiger partial charge < -0.3 is 5.32 Å². The van der Waals surface area contributed by atoms with E-state index in [1.165, 1.54) is 10.9 Å². The molecular formula is C11H16N4O3. The smallest absolute Gasteiger partial charge is 0.320 e. The van der Waals surface area contributed by atoms with Gasteiger partial charge in [-0.1, -0.05) is 12.8 Å². The third-order valence-corrected chi connectivity index (χ3v) is 3.17. The average Bonchev–Trinajstić information content (AvgIpc) is 2.96. The number of nitrogens with one attached hydrogen (secondary N) is 1. The van der Waals surface area contributed by atoms with Crippen molar-refractivity contribution in [1.29, 1.82) is 0 Å². The Morgan fingerprint density at radius 3 is 2.83 bits per heavy atom. The van der Waals surface area contributed by atoms with E-state index >= 15 is 0 Å². The van der Waals surface area contributed by atoms with Crippen LogP contribution in [0, 0.1) is 10.1 Å². The minimum atomic E-state index is -0.567. The van der Waals surface area contributed by atoms with Crippen LogP contribution in [0.5, 0.6) is 0 Å². The predicted molar refractivity (Wildman–Crippen MR) is 64.3 cm³/mol. The van der Waals surface area contributed by atoms with Crippen molar-refractivity contribution in [2.24, 2.45) is 0 Å². The van der Waals surface area contributed by atoms with Crippen LogP contribution in [0.15, 0.2) is 6.20 Å². The van der Waals surface area contributed by atoms with Gasteiger partial charge in [-0.3, -0.25) is 19.6 Å². The van der Waals surface area contributed by atoms with Gasteiger partial charge in [-0.2, -0.15) is 5.10 Å². The summed E-state index contributed by atoms with van der Waals surface area (Å²) in [4.78, 5) is 22.3. The molecule has 0 radical (unpaired) electrons. The number of hydrogen-bond donors (Lipinski definition) is 1. The molecule has 1 aliphatic rings. The summed E-state index contributed by atoms with van der Waals surface area (Å²) in [5.74, 6) is -0.444. The molecule has 7 nitrogen and oxygen atoms in total. The Kier molecular flexibility index (Phi) is 3.59. The van der Waals surface area contributed by atoms with Gasteiger partial charge in [0.2, 0.25) is 5.69 Å². The van der Waals surface area contributed by atoms with E-state index in [9.17, 15) is 14.9 Å². The lowest BCUT2D eigenvalue weighted by atomic mass is 10.2. The normalized spacial score (nSPS) is 15.8. The van der Waals surface area contributed by atoms with Crippen molar-refractivity contribution in [3.63, 3.8) is 0 Å². The molecule has 18 heavy (non-hydrogen) atoms. The van der Waals surface area contributed by atoms with Gasteiger partial charge in [0.25, 0.3) is 5.91 Å². The molecule has 0 spiro atoms. The van der Waals surface area contributed by atoms with Crippen LogP contribution in [0.4, 0.5) is 5.69 Å². The van der Waals surface area contributed by atoms with Gasteiger partial charge in [-0.15, -0.1) is 0 Å². The summed E-state index contributed by atoms with van der Waals surface area (Å²) >= 11 is 0. The van der Waals surface area contributed by atoms with Gasteiger partial charge >= 0.3 is 5.69 Å². The molecule has 1 N–H and O–H groups in total. The fourth-order valence-electron chi connectivity index (χ4n) is 2.19. The van der Waals surface area contributed by atoms with E-state index in [1.807, 2.05) is 6.92 Å². The second-order valence-corrected chi connectivity index (χ2v) is 4.43. The largest absolute Gasteiger partial charge is 0.348 e. The van der Waals surface area contributed by atoms with Gasteiger partial charge in [-0.25, -0.2) is 0 Å². The molecule has 1 fully saturated rings. The first kappa shape index (κ1) is 12.5. The topological polar surface area (TPSA) is 90.1 Å². The summed E-state index contributed by atoms with van der Waals surface area (Å²) < 4.78 is 1.40. The molecule has 0 unspecified atom stereocenters. The number of carbonyl (C=O) groups is 1. The Morgan fingerprint density at radius 1 is 1.61 bits per heavy atom. The van der Waals surface area contributed by atoms with Crippen molar-refractivity contribution < 1.29 is 9.72 Å². The Bertz CT molecular complexity index is 463. The number of hydrogen-bond acceptors (Lipinski definition) is 4. The summed E-state index contributed by atoms with van der Waals surface area (Å²) in [7, 11) is 0. The van der Waals surface area contributed by atoms with Crippen LogP contribution >= 0.6 is 0 Å². The SMILES string of the molecule is CCn1cc([N+](=O)[O-])c(C(=O)NC2CCCC2)n1. The Hall–Kier alpha value is -1.92. The van der Waals surface area contributed by atoms with Crippen molar-refractivity contribution in [2.45, 2.75) is 45.2 Å². The molecule has 0 bridgehead atoms. The lowest BCUT2D eigenvalue weighted by Gasteiger charge is -2.09. The summed E-state index contributed by atoms with van der Waals surface area (Å²) in [6.45, 7) is 2.31. The highest BCUT2D eigenvalue weighted by Gasteiger charge is 2.27. The molecule has 0 atom stereocenters. The van der Waals surface area contributed by atoms with Crippen LogP contribution in [-0.2, 0) is 6.54 Å². The van der Waals surface area contributed by atoms with E-state index in [-0.39, 0.29) is 17.4 Å². The molecular weight excluding hydrogens is 236 g/mol. The molecule has 1 heterocycles. The zero-order valence-electron chi connectivity index (χ0n) is 10.3. The van der Waals surface area contributed by atoms with E-state index in [2.05, 4.69) is 10.4 Å². The summed E-state index contributed by atoms with van der Waals surface area (Å²) in [5, 5.41) is 17.6. The standard InChI is InChI=1S/C11H16N4O3/c1-2-14-7-9(15(17)18)10(13-14)11(16)12-8-5-3-4-6-8/h7-8H,2-6H2,1H3,(H,12,16). The highest BCUT2D eigenvalue weighted by atomic mass is 16.6. The van der Waals surface area contributed by atoms with E-state index in [0.717, 1.165) is 25.7 Å². The third-order valence-electron chi connectivity index (χ3n) is 3.17. The highest BCUT2D eigenvalue weighted by Crippen LogP contribution is 2.20. The minimum absolute atomic E-state index is 0.0891. The van der Waals surface area contributed by atoms with Crippen LogP contribution in [0.25, 0.3) is 0 Å². The second-order valence-electron chi connectivity index (χ2n) is 4.43. The molecule has 98 valence electrons. The third kappa shape index (κ3) is 2.49. The van der Waals surface area contributed by atoms with Crippen LogP contribution in [-0.4, -0.2) is 26.7 Å². The molecule has 0 aliphatic heterocycles. The number of nitrogens with zero attached hydrogens (tertiary/aromatic N) is 3. The summed E-state index contributed by atoms with van der Waals surface area (Å²) in [6.07, 6.45) is 5.36. The Morgan fingerprint density at radius 2 is 2.28 bits per heavy atom. The van der Waals surface area contributed by atoms with Crippen molar-refractivity contribution in [2.75, 3.05) is 0 Å². The number of carbonyl (C=O) groups excluding carboxylic acids is 1. The fraction of sp³-hybridized carbons (Fsp3) is 0.636. The Balaban J connectivity index is 2.17. The first-order valence-corrected chi connectivity index (χ1v) is 6.14. The number of aromatic nitrogens is 2. The predicted octanol–water partition coefficient (Wildman–Crippen LogP) is 1.48. The van der Waals surface area contributed by atoms with Crippen LogP contribution < -0.4 is 5.32 Å². The molecule has 7 heteroatoms.